The minimum absolute atomic E-state index is 0.0640. The number of hydrogen-bond donors (Lipinski definition) is 0. The normalized spacial score (nSPS) is 24.2. The first-order chi connectivity index (χ1) is 12.6. The number of aryl methyl sites for hydroxylation is 1. The molecule has 0 aromatic heterocycles. The Labute approximate surface area is 155 Å². The number of carbonyl (C=O) groups is 2. The van der Waals surface area contributed by atoms with Crippen LogP contribution in [0.5, 0.6) is 5.75 Å². The van der Waals surface area contributed by atoms with E-state index in [1.165, 1.54) is 18.4 Å². The highest BCUT2D eigenvalue weighted by Crippen LogP contribution is 2.31. The molecule has 0 spiro atoms. The Balaban J connectivity index is 1.27. The van der Waals surface area contributed by atoms with Crippen molar-refractivity contribution in [2.24, 2.45) is 5.92 Å². The lowest BCUT2D eigenvalue weighted by Gasteiger charge is -2.40. The monoisotopic (exact) mass is 356 g/mol. The van der Waals surface area contributed by atoms with Gasteiger partial charge in [-0.1, -0.05) is 31.9 Å². The van der Waals surface area contributed by atoms with Crippen molar-refractivity contribution in [3.05, 3.63) is 29.8 Å². The second kappa shape index (κ2) is 7.29. The van der Waals surface area contributed by atoms with Gasteiger partial charge in [-0.2, -0.15) is 0 Å². The smallest absolute Gasteiger partial charge is 0.228 e. The molecule has 26 heavy (non-hydrogen) atoms. The number of nitrogens with zero attached hydrogens (tertiary/aromatic N) is 2. The fourth-order valence-corrected chi connectivity index (χ4v) is 4.45. The summed E-state index contributed by atoms with van der Waals surface area (Å²) in [5, 5.41) is 0. The van der Waals surface area contributed by atoms with Gasteiger partial charge in [-0.25, -0.2) is 0 Å². The molecule has 1 aromatic rings. The topological polar surface area (TPSA) is 49.9 Å². The average molecular weight is 356 g/mol. The zero-order valence-electron chi connectivity index (χ0n) is 15.5. The Morgan fingerprint density at radius 3 is 2.69 bits per heavy atom. The molecule has 0 bridgehead atoms. The van der Waals surface area contributed by atoms with E-state index in [0.717, 1.165) is 25.0 Å². The van der Waals surface area contributed by atoms with Crippen molar-refractivity contribution in [3.63, 3.8) is 0 Å². The van der Waals surface area contributed by atoms with E-state index < -0.39 is 0 Å². The third-order valence-electron chi connectivity index (χ3n) is 6.04. The Morgan fingerprint density at radius 2 is 1.96 bits per heavy atom. The molecule has 0 unspecified atom stereocenters. The zero-order valence-corrected chi connectivity index (χ0v) is 15.5. The summed E-state index contributed by atoms with van der Waals surface area (Å²) in [6.45, 7) is 4.00. The van der Waals surface area contributed by atoms with E-state index in [4.69, 9.17) is 4.74 Å². The molecule has 1 atom stereocenters. The molecule has 140 valence electrons. The van der Waals surface area contributed by atoms with Crippen LogP contribution >= 0.6 is 0 Å². The Morgan fingerprint density at radius 1 is 1.19 bits per heavy atom. The predicted molar refractivity (Wildman–Crippen MR) is 98.9 cm³/mol. The van der Waals surface area contributed by atoms with E-state index in [9.17, 15) is 9.59 Å². The van der Waals surface area contributed by atoms with Gasteiger partial charge in [0.2, 0.25) is 11.8 Å². The molecule has 1 aromatic carbocycles. The Bertz CT molecular complexity index is 678. The molecule has 1 saturated carbocycles. The van der Waals surface area contributed by atoms with Crippen molar-refractivity contribution in [3.8, 4) is 5.75 Å². The molecule has 2 heterocycles. The summed E-state index contributed by atoms with van der Waals surface area (Å²) in [5.74, 6) is 1.01. The van der Waals surface area contributed by atoms with E-state index >= 15 is 0 Å². The minimum atomic E-state index is -0.160. The van der Waals surface area contributed by atoms with Crippen LogP contribution in [-0.4, -0.2) is 53.4 Å². The first-order valence-electron chi connectivity index (χ1n) is 9.98. The van der Waals surface area contributed by atoms with Crippen molar-refractivity contribution >= 4 is 11.8 Å². The van der Waals surface area contributed by atoms with Crippen molar-refractivity contribution in [1.29, 1.82) is 0 Å². The van der Waals surface area contributed by atoms with Crippen LogP contribution in [0.3, 0.4) is 0 Å². The van der Waals surface area contributed by atoms with E-state index in [1.54, 1.807) is 0 Å². The van der Waals surface area contributed by atoms with Crippen molar-refractivity contribution < 1.29 is 14.3 Å². The van der Waals surface area contributed by atoms with Crippen LogP contribution in [0.25, 0.3) is 0 Å². The van der Waals surface area contributed by atoms with E-state index in [-0.39, 0.29) is 23.8 Å². The van der Waals surface area contributed by atoms with Gasteiger partial charge in [-0.3, -0.25) is 9.59 Å². The van der Waals surface area contributed by atoms with Crippen LogP contribution in [0.1, 0.15) is 44.6 Å². The van der Waals surface area contributed by atoms with Gasteiger partial charge in [0.25, 0.3) is 0 Å². The molecule has 5 nitrogen and oxygen atoms in total. The van der Waals surface area contributed by atoms with Gasteiger partial charge < -0.3 is 14.5 Å². The highest BCUT2D eigenvalue weighted by atomic mass is 16.5. The number of benzene rings is 1. The number of carbonyl (C=O) groups excluding carboxylic acids is 2. The molecule has 2 aliphatic heterocycles. The molecule has 0 N–H and O–H groups in total. The fraction of sp³-hybridized carbons (Fsp3) is 0.619. The SMILES string of the molecule is CCc1cccc(OC2CN(C(=O)[C@@H]3CC(=O)N(C4CCCC4)C3)C2)c1. The second-order valence-corrected chi connectivity index (χ2v) is 7.87. The van der Waals surface area contributed by atoms with Crippen molar-refractivity contribution in [1.82, 2.24) is 9.80 Å². The van der Waals surface area contributed by atoms with Gasteiger partial charge in [0.1, 0.15) is 11.9 Å². The predicted octanol–water partition coefficient (Wildman–Crippen LogP) is 2.63. The molecule has 5 heteroatoms. The van der Waals surface area contributed by atoms with Gasteiger partial charge in [-0.05, 0) is 37.0 Å². The lowest BCUT2D eigenvalue weighted by atomic mass is 10.0. The largest absolute Gasteiger partial charge is 0.487 e. The highest BCUT2D eigenvalue weighted by molar-refractivity contribution is 5.89. The number of amides is 2. The maximum Gasteiger partial charge on any atom is 0.228 e. The van der Waals surface area contributed by atoms with Crippen LogP contribution < -0.4 is 4.74 Å². The number of rotatable bonds is 5. The summed E-state index contributed by atoms with van der Waals surface area (Å²) in [7, 11) is 0. The Kier molecular flexibility index (Phi) is 4.88. The molecule has 0 radical (unpaired) electrons. The third-order valence-corrected chi connectivity index (χ3v) is 6.04. The van der Waals surface area contributed by atoms with Crippen LogP contribution in [0.2, 0.25) is 0 Å². The summed E-state index contributed by atoms with van der Waals surface area (Å²) in [6.07, 6.45) is 6.05. The molecule has 3 fully saturated rings. The molecule has 2 saturated heterocycles. The summed E-state index contributed by atoms with van der Waals surface area (Å²) in [4.78, 5) is 28.8. The molecule has 3 aliphatic rings. The van der Waals surface area contributed by atoms with Crippen molar-refractivity contribution in [2.45, 2.75) is 57.6 Å². The third kappa shape index (κ3) is 3.44. The second-order valence-electron chi connectivity index (χ2n) is 7.87. The quantitative estimate of drug-likeness (QED) is 0.815. The van der Waals surface area contributed by atoms with Gasteiger partial charge in [0, 0.05) is 19.0 Å². The van der Waals surface area contributed by atoms with Gasteiger partial charge in [0.05, 0.1) is 19.0 Å². The standard InChI is InChI=1S/C21H28N2O3/c1-2-15-6-5-9-18(10-15)26-19-13-22(14-19)21(25)16-11-20(24)23(12-16)17-7-3-4-8-17/h5-6,9-10,16-17,19H,2-4,7-8,11-14H2,1H3/t16-/m1/s1. The van der Waals surface area contributed by atoms with Gasteiger partial charge >= 0.3 is 0 Å². The van der Waals surface area contributed by atoms with E-state index in [1.807, 2.05) is 21.9 Å². The van der Waals surface area contributed by atoms with E-state index in [2.05, 4.69) is 19.1 Å². The summed E-state index contributed by atoms with van der Waals surface area (Å²) >= 11 is 0. The number of hydrogen-bond acceptors (Lipinski definition) is 3. The van der Waals surface area contributed by atoms with Gasteiger partial charge in [-0.15, -0.1) is 0 Å². The molecule has 1 aliphatic carbocycles. The highest BCUT2D eigenvalue weighted by Gasteiger charge is 2.43. The summed E-state index contributed by atoms with van der Waals surface area (Å²) in [6, 6.07) is 8.52. The van der Waals surface area contributed by atoms with Gasteiger partial charge in [0.15, 0.2) is 0 Å². The zero-order chi connectivity index (χ0) is 18.1. The molecular weight excluding hydrogens is 328 g/mol. The summed E-state index contributed by atoms with van der Waals surface area (Å²) < 4.78 is 5.99. The number of likely N-dealkylation sites (tertiary alicyclic amines) is 2. The summed E-state index contributed by atoms with van der Waals surface area (Å²) in [5.41, 5.74) is 1.26. The Hall–Kier alpha value is -2.04. The van der Waals surface area contributed by atoms with Crippen LogP contribution in [0, 0.1) is 5.92 Å². The van der Waals surface area contributed by atoms with Crippen molar-refractivity contribution in [2.75, 3.05) is 19.6 Å². The fourth-order valence-electron chi connectivity index (χ4n) is 4.45. The van der Waals surface area contributed by atoms with Crippen LogP contribution in [-0.2, 0) is 16.0 Å². The lowest BCUT2D eigenvalue weighted by Crippen LogP contribution is -2.57. The molecular formula is C21H28N2O3. The van der Waals surface area contributed by atoms with Crippen LogP contribution in [0.15, 0.2) is 24.3 Å². The lowest BCUT2D eigenvalue weighted by molar-refractivity contribution is -0.144. The maximum absolute atomic E-state index is 12.7. The molecule has 2 amide bonds. The van der Waals surface area contributed by atoms with Crippen LogP contribution in [0.4, 0.5) is 0 Å². The first kappa shape index (κ1) is 17.4. The molecule has 4 rings (SSSR count). The maximum atomic E-state index is 12.7. The number of ether oxygens (including phenoxy) is 1. The van der Waals surface area contributed by atoms with E-state index in [0.29, 0.717) is 32.1 Å². The minimum Gasteiger partial charge on any atom is -0.487 e. The average Bonchev–Trinajstić information content (AvgIpc) is 3.26. The first-order valence-corrected chi connectivity index (χ1v) is 9.98.